The molecule has 1 aromatic carbocycles. The van der Waals surface area contributed by atoms with Crippen LogP contribution in [0.5, 0.6) is 5.75 Å². The van der Waals surface area contributed by atoms with Gasteiger partial charge in [-0.25, -0.2) is 0 Å². The molecular formula is C10H14ClNO. The molecular weight excluding hydrogens is 186 g/mol. The van der Waals surface area contributed by atoms with Gasteiger partial charge >= 0.3 is 0 Å². The van der Waals surface area contributed by atoms with Crippen LogP contribution in [-0.2, 0) is 0 Å². The van der Waals surface area contributed by atoms with Gasteiger partial charge in [-0.15, -0.1) is 0 Å². The molecule has 0 aromatic heterocycles. The van der Waals surface area contributed by atoms with E-state index in [-0.39, 0.29) is 6.04 Å². The lowest BCUT2D eigenvalue weighted by Gasteiger charge is -2.11. The SMILES string of the molecule is CC[C@H](N)COc1ccccc1Cl. The molecule has 2 nitrogen and oxygen atoms in total. The van der Waals surface area contributed by atoms with E-state index < -0.39 is 0 Å². The monoisotopic (exact) mass is 199 g/mol. The largest absolute Gasteiger partial charge is 0.490 e. The first-order valence-electron chi connectivity index (χ1n) is 4.37. The van der Waals surface area contributed by atoms with Gasteiger partial charge in [-0.3, -0.25) is 0 Å². The standard InChI is InChI=1S/C10H14ClNO/c1-2-8(12)7-13-10-6-4-3-5-9(10)11/h3-6,8H,2,7,12H2,1H3/t8-/m0/s1. The first-order valence-corrected chi connectivity index (χ1v) is 4.74. The van der Waals surface area contributed by atoms with Crippen LogP contribution >= 0.6 is 11.6 Å². The summed E-state index contributed by atoms with van der Waals surface area (Å²) in [7, 11) is 0. The highest BCUT2D eigenvalue weighted by Gasteiger charge is 2.02. The van der Waals surface area contributed by atoms with Gasteiger partial charge in [0.05, 0.1) is 5.02 Å². The molecule has 72 valence electrons. The van der Waals surface area contributed by atoms with Crippen LogP contribution < -0.4 is 10.5 Å². The topological polar surface area (TPSA) is 35.2 Å². The van der Waals surface area contributed by atoms with Crippen molar-refractivity contribution in [2.45, 2.75) is 19.4 Å². The van der Waals surface area contributed by atoms with E-state index in [1.54, 1.807) is 6.07 Å². The van der Waals surface area contributed by atoms with Crippen LogP contribution in [0.3, 0.4) is 0 Å². The molecule has 0 saturated heterocycles. The van der Waals surface area contributed by atoms with Gasteiger partial charge in [0, 0.05) is 6.04 Å². The van der Waals surface area contributed by atoms with Gasteiger partial charge in [-0.1, -0.05) is 30.7 Å². The zero-order chi connectivity index (χ0) is 9.68. The lowest BCUT2D eigenvalue weighted by atomic mass is 10.2. The summed E-state index contributed by atoms with van der Waals surface area (Å²) in [4.78, 5) is 0. The Kier molecular flexibility index (Phi) is 4.06. The molecule has 0 radical (unpaired) electrons. The van der Waals surface area contributed by atoms with Crippen molar-refractivity contribution in [3.63, 3.8) is 0 Å². The predicted octanol–water partition coefficient (Wildman–Crippen LogP) is 2.46. The van der Waals surface area contributed by atoms with Crippen molar-refractivity contribution in [2.24, 2.45) is 5.73 Å². The molecule has 0 amide bonds. The third-order valence-electron chi connectivity index (χ3n) is 1.81. The lowest BCUT2D eigenvalue weighted by molar-refractivity contribution is 0.285. The maximum atomic E-state index is 5.89. The summed E-state index contributed by atoms with van der Waals surface area (Å²) in [5.41, 5.74) is 5.70. The number of ether oxygens (including phenoxy) is 1. The Morgan fingerprint density at radius 3 is 2.77 bits per heavy atom. The van der Waals surface area contributed by atoms with Crippen LogP contribution in [0.4, 0.5) is 0 Å². The van der Waals surface area contributed by atoms with Crippen molar-refractivity contribution in [3.05, 3.63) is 29.3 Å². The van der Waals surface area contributed by atoms with Gasteiger partial charge in [0.2, 0.25) is 0 Å². The minimum atomic E-state index is 0.0799. The van der Waals surface area contributed by atoms with Crippen molar-refractivity contribution in [1.82, 2.24) is 0 Å². The van der Waals surface area contributed by atoms with Crippen LogP contribution in [0.15, 0.2) is 24.3 Å². The molecule has 1 aromatic rings. The van der Waals surface area contributed by atoms with Crippen LogP contribution in [0, 0.1) is 0 Å². The molecule has 2 N–H and O–H groups in total. The van der Waals surface area contributed by atoms with Crippen molar-refractivity contribution in [3.8, 4) is 5.75 Å². The van der Waals surface area contributed by atoms with Gasteiger partial charge < -0.3 is 10.5 Å². The van der Waals surface area contributed by atoms with E-state index in [1.165, 1.54) is 0 Å². The summed E-state index contributed by atoms with van der Waals surface area (Å²) in [6, 6.07) is 7.48. The fourth-order valence-corrected chi connectivity index (χ4v) is 1.07. The minimum Gasteiger partial charge on any atom is -0.490 e. The fraction of sp³-hybridized carbons (Fsp3) is 0.400. The number of benzene rings is 1. The summed E-state index contributed by atoms with van der Waals surface area (Å²) in [6.45, 7) is 2.54. The number of para-hydroxylation sites is 1. The van der Waals surface area contributed by atoms with E-state index >= 15 is 0 Å². The van der Waals surface area contributed by atoms with Crippen molar-refractivity contribution >= 4 is 11.6 Å². The summed E-state index contributed by atoms with van der Waals surface area (Å²) in [6.07, 6.45) is 0.907. The van der Waals surface area contributed by atoms with Crippen molar-refractivity contribution < 1.29 is 4.74 Å². The van der Waals surface area contributed by atoms with Crippen LogP contribution in [0.25, 0.3) is 0 Å². The van der Waals surface area contributed by atoms with Crippen molar-refractivity contribution in [2.75, 3.05) is 6.61 Å². The highest BCUT2D eigenvalue weighted by molar-refractivity contribution is 6.32. The van der Waals surface area contributed by atoms with E-state index in [9.17, 15) is 0 Å². The molecule has 0 aliphatic carbocycles. The number of rotatable bonds is 4. The van der Waals surface area contributed by atoms with Gasteiger partial charge in [0.15, 0.2) is 0 Å². The molecule has 13 heavy (non-hydrogen) atoms. The molecule has 0 saturated carbocycles. The molecule has 0 heterocycles. The molecule has 3 heteroatoms. The normalized spacial score (nSPS) is 12.5. The second kappa shape index (κ2) is 5.10. The van der Waals surface area contributed by atoms with E-state index in [0.29, 0.717) is 17.4 Å². The minimum absolute atomic E-state index is 0.0799. The van der Waals surface area contributed by atoms with Crippen LogP contribution in [0.2, 0.25) is 5.02 Å². The Morgan fingerprint density at radius 2 is 2.15 bits per heavy atom. The maximum absolute atomic E-state index is 5.89. The average molecular weight is 200 g/mol. The summed E-state index contributed by atoms with van der Waals surface area (Å²) in [5.74, 6) is 0.702. The highest BCUT2D eigenvalue weighted by Crippen LogP contribution is 2.22. The first kappa shape index (κ1) is 10.4. The van der Waals surface area contributed by atoms with Crippen LogP contribution in [-0.4, -0.2) is 12.6 Å². The van der Waals surface area contributed by atoms with Crippen molar-refractivity contribution in [1.29, 1.82) is 0 Å². The smallest absolute Gasteiger partial charge is 0.137 e. The molecule has 0 aliphatic heterocycles. The van der Waals surface area contributed by atoms with Gasteiger partial charge in [0.25, 0.3) is 0 Å². The number of halogens is 1. The zero-order valence-corrected chi connectivity index (χ0v) is 8.42. The first-order chi connectivity index (χ1) is 6.24. The third kappa shape index (κ3) is 3.25. The second-order valence-corrected chi connectivity index (χ2v) is 3.32. The molecule has 0 unspecified atom stereocenters. The van der Waals surface area contributed by atoms with Gasteiger partial charge in [-0.2, -0.15) is 0 Å². The number of hydrogen-bond acceptors (Lipinski definition) is 2. The number of nitrogens with two attached hydrogens (primary N) is 1. The van der Waals surface area contributed by atoms with E-state index in [0.717, 1.165) is 6.42 Å². The fourth-order valence-electron chi connectivity index (χ4n) is 0.876. The molecule has 0 fully saturated rings. The van der Waals surface area contributed by atoms with E-state index in [2.05, 4.69) is 0 Å². The third-order valence-corrected chi connectivity index (χ3v) is 2.13. The summed E-state index contributed by atoms with van der Waals surface area (Å²) in [5, 5.41) is 0.630. The Hall–Kier alpha value is -0.730. The highest BCUT2D eigenvalue weighted by atomic mass is 35.5. The quantitative estimate of drug-likeness (QED) is 0.809. The second-order valence-electron chi connectivity index (χ2n) is 2.91. The Labute approximate surface area is 83.6 Å². The maximum Gasteiger partial charge on any atom is 0.137 e. The molecule has 0 spiro atoms. The molecule has 0 bridgehead atoms. The number of hydrogen-bond donors (Lipinski definition) is 1. The molecule has 1 atom stereocenters. The zero-order valence-electron chi connectivity index (χ0n) is 7.66. The Balaban J connectivity index is 2.50. The van der Waals surface area contributed by atoms with Gasteiger partial charge in [-0.05, 0) is 18.6 Å². The molecule has 1 rings (SSSR count). The predicted molar refractivity (Wildman–Crippen MR) is 55.2 cm³/mol. The Bertz CT molecular complexity index is 265. The molecule has 0 aliphatic rings. The summed E-state index contributed by atoms with van der Waals surface area (Å²) < 4.78 is 5.43. The van der Waals surface area contributed by atoms with Gasteiger partial charge in [0.1, 0.15) is 12.4 Å². The van der Waals surface area contributed by atoms with E-state index in [1.807, 2.05) is 25.1 Å². The summed E-state index contributed by atoms with van der Waals surface area (Å²) >= 11 is 5.89. The Morgan fingerprint density at radius 1 is 1.46 bits per heavy atom. The van der Waals surface area contributed by atoms with Crippen LogP contribution in [0.1, 0.15) is 13.3 Å². The lowest BCUT2D eigenvalue weighted by Crippen LogP contribution is -2.26. The van der Waals surface area contributed by atoms with E-state index in [4.69, 9.17) is 22.1 Å². The average Bonchev–Trinajstić information content (AvgIpc) is 2.16.